The summed E-state index contributed by atoms with van der Waals surface area (Å²) in [7, 11) is 0. The van der Waals surface area contributed by atoms with E-state index in [-0.39, 0.29) is 6.61 Å². The molecule has 0 saturated carbocycles. The first-order valence-electron chi connectivity index (χ1n) is 6.07. The van der Waals surface area contributed by atoms with Crippen LogP contribution in [0.2, 0.25) is 0 Å². The topological polar surface area (TPSA) is 61.6 Å². The number of para-hydroxylation sites is 1. The molecule has 104 valence electrons. The van der Waals surface area contributed by atoms with Gasteiger partial charge < -0.3 is 15.2 Å². The summed E-state index contributed by atoms with van der Waals surface area (Å²) in [6, 6.07) is 14.3. The summed E-state index contributed by atoms with van der Waals surface area (Å²) in [5.74, 6) is 0.348. The van der Waals surface area contributed by atoms with Gasteiger partial charge in [0.25, 0.3) is 0 Å². The molecule has 0 heterocycles. The average molecular weight is 336 g/mol. The van der Waals surface area contributed by atoms with Crippen molar-refractivity contribution in [3.63, 3.8) is 0 Å². The third-order valence-electron chi connectivity index (χ3n) is 2.56. The summed E-state index contributed by atoms with van der Waals surface area (Å²) in [4.78, 5) is 11.8. The van der Waals surface area contributed by atoms with E-state index in [1.807, 2.05) is 30.3 Å². The van der Waals surface area contributed by atoms with E-state index in [1.54, 1.807) is 18.2 Å². The molecule has 0 bridgehead atoms. The van der Waals surface area contributed by atoms with Gasteiger partial charge in [0.1, 0.15) is 19.0 Å². The molecular formula is C15H14BrNO3. The van der Waals surface area contributed by atoms with Crippen molar-refractivity contribution in [2.24, 2.45) is 0 Å². The van der Waals surface area contributed by atoms with Gasteiger partial charge in [-0.1, -0.05) is 18.2 Å². The monoisotopic (exact) mass is 335 g/mol. The van der Waals surface area contributed by atoms with E-state index in [0.29, 0.717) is 22.3 Å². The van der Waals surface area contributed by atoms with E-state index in [4.69, 9.17) is 15.2 Å². The minimum absolute atomic E-state index is 0.190. The van der Waals surface area contributed by atoms with Crippen LogP contribution in [-0.4, -0.2) is 19.2 Å². The van der Waals surface area contributed by atoms with Crippen molar-refractivity contribution in [3.8, 4) is 5.75 Å². The molecule has 0 saturated heterocycles. The fraction of sp³-hybridized carbons (Fsp3) is 0.133. The second-order valence-electron chi connectivity index (χ2n) is 4.03. The van der Waals surface area contributed by atoms with Crippen LogP contribution in [0.1, 0.15) is 10.4 Å². The molecule has 2 rings (SSSR count). The Morgan fingerprint density at radius 3 is 2.55 bits per heavy atom. The molecule has 0 aliphatic carbocycles. The fourth-order valence-electron chi connectivity index (χ4n) is 1.55. The van der Waals surface area contributed by atoms with Gasteiger partial charge in [0, 0.05) is 10.2 Å². The van der Waals surface area contributed by atoms with Crippen molar-refractivity contribution < 1.29 is 14.3 Å². The van der Waals surface area contributed by atoms with Crippen LogP contribution in [0.3, 0.4) is 0 Å². The number of halogens is 1. The number of nitrogen functional groups attached to an aromatic ring is 1. The molecule has 0 unspecified atom stereocenters. The normalized spacial score (nSPS) is 10.1. The van der Waals surface area contributed by atoms with Crippen LogP contribution >= 0.6 is 15.9 Å². The van der Waals surface area contributed by atoms with E-state index >= 15 is 0 Å². The zero-order valence-corrected chi connectivity index (χ0v) is 12.3. The number of benzene rings is 2. The Hall–Kier alpha value is -2.01. The van der Waals surface area contributed by atoms with Crippen molar-refractivity contribution in [3.05, 3.63) is 58.6 Å². The molecule has 0 aliphatic heterocycles. The lowest BCUT2D eigenvalue weighted by Gasteiger charge is -2.08. The standard InChI is InChI=1S/C15H14BrNO3/c16-13-10-11(6-7-14(13)17)15(18)20-9-8-19-12-4-2-1-3-5-12/h1-7,10H,8-9,17H2. The minimum atomic E-state index is -0.401. The van der Waals surface area contributed by atoms with Gasteiger partial charge in [-0.15, -0.1) is 0 Å². The smallest absolute Gasteiger partial charge is 0.338 e. The molecule has 0 aromatic heterocycles. The largest absolute Gasteiger partial charge is 0.490 e. The average Bonchev–Trinajstić information content (AvgIpc) is 2.47. The van der Waals surface area contributed by atoms with Gasteiger partial charge in [-0.2, -0.15) is 0 Å². The second kappa shape index (κ2) is 6.96. The first-order valence-corrected chi connectivity index (χ1v) is 6.86. The Balaban J connectivity index is 1.79. The van der Waals surface area contributed by atoms with Crippen molar-refractivity contribution in [1.82, 2.24) is 0 Å². The first kappa shape index (κ1) is 14.4. The molecule has 0 fully saturated rings. The number of ether oxygens (including phenoxy) is 2. The summed E-state index contributed by atoms with van der Waals surface area (Å²) in [5.41, 5.74) is 6.68. The Morgan fingerprint density at radius 2 is 1.85 bits per heavy atom. The zero-order valence-electron chi connectivity index (χ0n) is 10.7. The molecule has 0 amide bonds. The SMILES string of the molecule is Nc1ccc(C(=O)OCCOc2ccccc2)cc1Br. The number of hydrogen-bond acceptors (Lipinski definition) is 4. The van der Waals surface area contributed by atoms with Crippen molar-refractivity contribution in [2.75, 3.05) is 18.9 Å². The quantitative estimate of drug-likeness (QED) is 0.517. The number of nitrogens with two attached hydrogens (primary N) is 1. The predicted molar refractivity (Wildman–Crippen MR) is 80.8 cm³/mol. The molecule has 20 heavy (non-hydrogen) atoms. The zero-order chi connectivity index (χ0) is 14.4. The molecule has 4 nitrogen and oxygen atoms in total. The molecule has 0 aliphatic rings. The van der Waals surface area contributed by atoms with Gasteiger partial charge >= 0.3 is 5.97 Å². The van der Waals surface area contributed by atoms with Gasteiger partial charge in [-0.25, -0.2) is 4.79 Å². The molecule has 5 heteroatoms. The number of carbonyl (C=O) groups is 1. The maximum absolute atomic E-state index is 11.8. The third kappa shape index (κ3) is 3.99. The van der Waals surface area contributed by atoms with Crippen LogP contribution in [0.4, 0.5) is 5.69 Å². The maximum atomic E-state index is 11.8. The van der Waals surface area contributed by atoms with E-state index < -0.39 is 5.97 Å². The van der Waals surface area contributed by atoms with Crippen molar-refractivity contribution >= 4 is 27.6 Å². The van der Waals surface area contributed by atoms with Crippen LogP contribution in [-0.2, 0) is 4.74 Å². The summed E-state index contributed by atoms with van der Waals surface area (Å²) in [6.45, 7) is 0.502. The molecule has 0 atom stereocenters. The highest BCUT2D eigenvalue weighted by atomic mass is 79.9. The van der Waals surface area contributed by atoms with Crippen LogP contribution in [0.5, 0.6) is 5.75 Å². The molecule has 2 N–H and O–H groups in total. The lowest BCUT2D eigenvalue weighted by molar-refractivity contribution is 0.0450. The van der Waals surface area contributed by atoms with Gasteiger partial charge in [-0.3, -0.25) is 0 Å². The van der Waals surface area contributed by atoms with Crippen LogP contribution < -0.4 is 10.5 Å². The maximum Gasteiger partial charge on any atom is 0.338 e. The second-order valence-corrected chi connectivity index (χ2v) is 4.89. The van der Waals surface area contributed by atoms with Gasteiger partial charge in [0.2, 0.25) is 0 Å². The number of esters is 1. The fourth-order valence-corrected chi connectivity index (χ4v) is 1.93. The summed E-state index contributed by atoms with van der Waals surface area (Å²) >= 11 is 3.27. The lowest BCUT2D eigenvalue weighted by Crippen LogP contribution is -2.12. The van der Waals surface area contributed by atoms with Crippen LogP contribution in [0.25, 0.3) is 0 Å². The number of anilines is 1. The van der Waals surface area contributed by atoms with Crippen molar-refractivity contribution in [2.45, 2.75) is 0 Å². The number of carbonyl (C=O) groups excluding carboxylic acids is 1. The Kier molecular flexibility index (Phi) is 5.01. The van der Waals surface area contributed by atoms with Crippen LogP contribution in [0.15, 0.2) is 53.0 Å². The van der Waals surface area contributed by atoms with E-state index in [2.05, 4.69) is 15.9 Å². The van der Waals surface area contributed by atoms with E-state index in [1.165, 1.54) is 0 Å². The third-order valence-corrected chi connectivity index (χ3v) is 3.25. The highest BCUT2D eigenvalue weighted by Gasteiger charge is 2.08. The number of hydrogen-bond donors (Lipinski definition) is 1. The lowest BCUT2D eigenvalue weighted by atomic mass is 10.2. The molecule has 2 aromatic carbocycles. The predicted octanol–water partition coefficient (Wildman–Crippen LogP) is 3.27. The number of rotatable bonds is 5. The highest BCUT2D eigenvalue weighted by Crippen LogP contribution is 2.20. The highest BCUT2D eigenvalue weighted by molar-refractivity contribution is 9.10. The molecular weight excluding hydrogens is 322 g/mol. The molecule has 2 aromatic rings. The minimum Gasteiger partial charge on any atom is -0.490 e. The Morgan fingerprint density at radius 1 is 1.10 bits per heavy atom. The molecule has 0 radical (unpaired) electrons. The Bertz CT molecular complexity index is 587. The van der Waals surface area contributed by atoms with E-state index in [9.17, 15) is 4.79 Å². The summed E-state index contributed by atoms with van der Waals surface area (Å²) in [6.07, 6.45) is 0. The van der Waals surface area contributed by atoms with Gasteiger partial charge in [0.15, 0.2) is 0 Å². The van der Waals surface area contributed by atoms with E-state index in [0.717, 1.165) is 5.75 Å². The Labute approximate surface area is 125 Å². The first-order chi connectivity index (χ1) is 9.66. The summed E-state index contributed by atoms with van der Waals surface area (Å²) in [5, 5.41) is 0. The molecule has 0 spiro atoms. The van der Waals surface area contributed by atoms with Crippen molar-refractivity contribution in [1.29, 1.82) is 0 Å². The van der Waals surface area contributed by atoms with Crippen LogP contribution in [0, 0.1) is 0 Å². The van der Waals surface area contributed by atoms with Gasteiger partial charge in [0.05, 0.1) is 5.56 Å². The van der Waals surface area contributed by atoms with Gasteiger partial charge in [-0.05, 0) is 46.3 Å². The summed E-state index contributed by atoms with van der Waals surface area (Å²) < 4.78 is 11.2.